The van der Waals surface area contributed by atoms with Crippen molar-refractivity contribution in [3.63, 3.8) is 0 Å². The Labute approximate surface area is 104 Å². The smallest absolute Gasteiger partial charge is 0.408 e. The number of nitrogens with one attached hydrogen (secondary N) is 1. The Bertz CT molecular complexity index is 447. The van der Waals surface area contributed by atoms with Crippen LogP contribution in [0.25, 0.3) is 0 Å². The molecule has 0 bridgehead atoms. The first-order valence-electron chi connectivity index (χ1n) is 5.38. The van der Waals surface area contributed by atoms with Gasteiger partial charge in [-0.05, 0) is 27.7 Å². The lowest BCUT2D eigenvalue weighted by Gasteiger charge is -2.21. The average molecular weight is 256 g/mol. The van der Waals surface area contributed by atoms with Crippen LogP contribution in [0.3, 0.4) is 0 Å². The van der Waals surface area contributed by atoms with Crippen molar-refractivity contribution in [1.29, 1.82) is 0 Å². The van der Waals surface area contributed by atoms with E-state index in [4.69, 9.17) is 9.84 Å². The third kappa shape index (κ3) is 3.76. The monoisotopic (exact) mass is 256 g/mol. The van der Waals surface area contributed by atoms with Gasteiger partial charge in [0, 0.05) is 0 Å². The standard InChI is InChI=1S/C11H16N2O5/c1-6(12-10(16)18-11(2,3)4)8-7(9(14)15)5-17-13-8/h5-6H,1-4H3,(H,12,16)(H,14,15)/t6-/m1/s1. The number of carbonyl (C=O) groups excluding carboxylic acids is 1. The second-order valence-electron chi connectivity index (χ2n) is 4.79. The quantitative estimate of drug-likeness (QED) is 0.857. The summed E-state index contributed by atoms with van der Waals surface area (Å²) >= 11 is 0. The van der Waals surface area contributed by atoms with Crippen LogP contribution >= 0.6 is 0 Å². The van der Waals surface area contributed by atoms with Crippen LogP contribution in [-0.2, 0) is 4.74 Å². The molecule has 0 aromatic carbocycles. The van der Waals surface area contributed by atoms with Crippen LogP contribution in [0.2, 0.25) is 0 Å². The summed E-state index contributed by atoms with van der Waals surface area (Å²) in [5.74, 6) is -1.16. The fourth-order valence-corrected chi connectivity index (χ4v) is 1.27. The van der Waals surface area contributed by atoms with Gasteiger partial charge in [-0.25, -0.2) is 9.59 Å². The molecule has 0 aliphatic heterocycles. The average Bonchev–Trinajstić information content (AvgIpc) is 2.61. The summed E-state index contributed by atoms with van der Waals surface area (Å²) < 4.78 is 9.64. The third-order valence-electron chi connectivity index (χ3n) is 1.97. The van der Waals surface area contributed by atoms with Gasteiger partial charge >= 0.3 is 12.1 Å². The fraction of sp³-hybridized carbons (Fsp3) is 0.545. The minimum atomic E-state index is -1.16. The van der Waals surface area contributed by atoms with Gasteiger partial charge in [0.2, 0.25) is 0 Å². The number of amides is 1. The van der Waals surface area contributed by atoms with Crippen LogP contribution in [0.1, 0.15) is 49.8 Å². The second-order valence-corrected chi connectivity index (χ2v) is 4.79. The van der Waals surface area contributed by atoms with Gasteiger partial charge in [-0.15, -0.1) is 0 Å². The summed E-state index contributed by atoms with van der Waals surface area (Å²) in [4.78, 5) is 22.4. The summed E-state index contributed by atoms with van der Waals surface area (Å²) in [5.41, 5.74) is -0.560. The van der Waals surface area contributed by atoms with Gasteiger partial charge in [0.15, 0.2) is 0 Å². The zero-order chi connectivity index (χ0) is 13.9. The molecule has 0 unspecified atom stereocenters. The molecule has 1 amide bonds. The largest absolute Gasteiger partial charge is 0.478 e. The second kappa shape index (κ2) is 5.07. The lowest BCUT2D eigenvalue weighted by atomic mass is 10.1. The number of nitrogens with zero attached hydrogens (tertiary/aromatic N) is 1. The van der Waals surface area contributed by atoms with E-state index in [-0.39, 0.29) is 11.3 Å². The molecule has 1 atom stereocenters. The highest BCUT2D eigenvalue weighted by Crippen LogP contribution is 2.17. The summed E-state index contributed by atoms with van der Waals surface area (Å²) in [6, 6.07) is -0.621. The molecule has 18 heavy (non-hydrogen) atoms. The number of rotatable bonds is 3. The van der Waals surface area contributed by atoms with Gasteiger partial charge in [0.05, 0.1) is 6.04 Å². The number of carboxylic acids is 1. The van der Waals surface area contributed by atoms with Crippen LogP contribution in [0.15, 0.2) is 10.8 Å². The SMILES string of the molecule is C[C@@H](NC(=O)OC(C)(C)C)c1nocc1C(=O)O. The van der Waals surface area contributed by atoms with Gasteiger partial charge in [0.1, 0.15) is 23.1 Å². The van der Waals surface area contributed by atoms with Crippen LogP contribution < -0.4 is 5.32 Å². The van der Waals surface area contributed by atoms with Gasteiger partial charge < -0.3 is 19.7 Å². The molecule has 1 aromatic heterocycles. The van der Waals surface area contributed by atoms with Crippen molar-refractivity contribution in [1.82, 2.24) is 10.5 Å². The molecule has 100 valence electrons. The van der Waals surface area contributed by atoms with Gasteiger partial charge in [-0.2, -0.15) is 0 Å². The Balaban J connectivity index is 2.71. The highest BCUT2D eigenvalue weighted by molar-refractivity contribution is 5.88. The zero-order valence-corrected chi connectivity index (χ0v) is 10.7. The maximum absolute atomic E-state index is 11.5. The summed E-state index contributed by atoms with van der Waals surface area (Å²) in [6.07, 6.45) is 0.375. The fourth-order valence-electron chi connectivity index (χ4n) is 1.27. The first-order valence-corrected chi connectivity index (χ1v) is 5.38. The number of aromatic carboxylic acids is 1. The Morgan fingerprint density at radius 3 is 2.61 bits per heavy atom. The highest BCUT2D eigenvalue weighted by atomic mass is 16.6. The van der Waals surface area contributed by atoms with Crippen LogP contribution in [0.5, 0.6) is 0 Å². The molecular formula is C11H16N2O5. The van der Waals surface area contributed by atoms with Crippen LogP contribution in [0, 0.1) is 0 Å². The minimum Gasteiger partial charge on any atom is -0.478 e. The maximum atomic E-state index is 11.5. The number of alkyl carbamates (subject to hydrolysis) is 1. The normalized spacial score (nSPS) is 12.9. The number of carboxylic acid groups (broad SMARTS) is 1. The van der Waals surface area contributed by atoms with Gasteiger partial charge in [0.25, 0.3) is 0 Å². The van der Waals surface area contributed by atoms with E-state index >= 15 is 0 Å². The zero-order valence-electron chi connectivity index (χ0n) is 10.7. The number of hydrogen-bond donors (Lipinski definition) is 2. The molecule has 2 N–H and O–H groups in total. The number of hydrogen-bond acceptors (Lipinski definition) is 5. The van der Waals surface area contributed by atoms with E-state index in [2.05, 4.69) is 15.0 Å². The predicted molar refractivity (Wildman–Crippen MR) is 61.2 cm³/mol. The molecule has 1 aromatic rings. The molecular weight excluding hydrogens is 240 g/mol. The topological polar surface area (TPSA) is 102 Å². The Morgan fingerprint density at radius 1 is 1.50 bits per heavy atom. The molecule has 1 rings (SSSR count). The van der Waals surface area contributed by atoms with E-state index in [1.807, 2.05) is 0 Å². The van der Waals surface area contributed by atoms with Gasteiger partial charge in [-0.1, -0.05) is 5.16 Å². The molecule has 0 saturated carbocycles. The van der Waals surface area contributed by atoms with E-state index in [1.54, 1.807) is 27.7 Å². The van der Waals surface area contributed by atoms with Crippen molar-refractivity contribution in [3.05, 3.63) is 17.5 Å². The maximum Gasteiger partial charge on any atom is 0.408 e. The van der Waals surface area contributed by atoms with Gasteiger partial charge in [-0.3, -0.25) is 0 Å². The first kappa shape index (κ1) is 14.0. The highest BCUT2D eigenvalue weighted by Gasteiger charge is 2.23. The van der Waals surface area contributed by atoms with Crippen molar-refractivity contribution in [2.24, 2.45) is 0 Å². The lowest BCUT2D eigenvalue weighted by Crippen LogP contribution is -2.34. The molecule has 0 spiro atoms. The van der Waals surface area contributed by atoms with Crippen LogP contribution in [0.4, 0.5) is 4.79 Å². The van der Waals surface area contributed by atoms with E-state index < -0.39 is 23.7 Å². The molecule has 0 saturated heterocycles. The molecule has 7 nitrogen and oxygen atoms in total. The number of ether oxygens (including phenoxy) is 1. The van der Waals surface area contributed by atoms with E-state index in [0.717, 1.165) is 6.26 Å². The Morgan fingerprint density at radius 2 is 2.11 bits per heavy atom. The Kier molecular flexibility index (Phi) is 3.95. The number of carbonyl (C=O) groups is 2. The van der Waals surface area contributed by atoms with E-state index in [9.17, 15) is 9.59 Å². The predicted octanol–water partition coefficient (Wildman–Crippen LogP) is 1.96. The molecule has 7 heteroatoms. The van der Waals surface area contributed by atoms with Crippen molar-refractivity contribution in [2.45, 2.75) is 39.3 Å². The molecule has 0 aliphatic rings. The minimum absolute atomic E-state index is 0.0847. The summed E-state index contributed by atoms with van der Waals surface area (Å²) in [6.45, 7) is 6.79. The number of aromatic nitrogens is 1. The van der Waals surface area contributed by atoms with Crippen molar-refractivity contribution in [2.75, 3.05) is 0 Å². The summed E-state index contributed by atoms with van der Waals surface area (Å²) in [5, 5.41) is 14.9. The van der Waals surface area contributed by atoms with Crippen molar-refractivity contribution < 1.29 is 24.0 Å². The molecule has 0 fully saturated rings. The van der Waals surface area contributed by atoms with Crippen molar-refractivity contribution >= 4 is 12.1 Å². The van der Waals surface area contributed by atoms with E-state index in [0.29, 0.717) is 0 Å². The van der Waals surface area contributed by atoms with Crippen molar-refractivity contribution in [3.8, 4) is 0 Å². The van der Waals surface area contributed by atoms with Crippen LogP contribution in [-0.4, -0.2) is 27.9 Å². The summed E-state index contributed by atoms with van der Waals surface area (Å²) in [7, 11) is 0. The molecule has 0 radical (unpaired) electrons. The molecule has 1 heterocycles. The van der Waals surface area contributed by atoms with E-state index in [1.165, 1.54) is 0 Å². The third-order valence-corrected chi connectivity index (χ3v) is 1.97. The first-order chi connectivity index (χ1) is 8.20. The molecule has 0 aliphatic carbocycles. The lowest BCUT2D eigenvalue weighted by molar-refractivity contribution is 0.0503. The Hall–Kier alpha value is -2.05.